The second kappa shape index (κ2) is 14.7. The Morgan fingerprint density at radius 2 is 1.08 bits per heavy atom. The van der Waals surface area contributed by atoms with Gasteiger partial charge in [-0.05, 0) is 132 Å². The molecular weight excluding hydrogens is 729 g/mol. The predicted molar refractivity (Wildman–Crippen MR) is 256 cm³/mol. The lowest BCUT2D eigenvalue weighted by atomic mass is 9.83. The summed E-state index contributed by atoms with van der Waals surface area (Å²) in [6.07, 6.45) is 0. The van der Waals surface area contributed by atoms with E-state index >= 15 is 0 Å². The summed E-state index contributed by atoms with van der Waals surface area (Å²) in [6.45, 7) is 18.5. The summed E-state index contributed by atoms with van der Waals surface area (Å²) >= 11 is 0. The molecule has 8 aromatic carbocycles. The van der Waals surface area contributed by atoms with E-state index in [9.17, 15) is 0 Å². The Labute approximate surface area is 353 Å². The lowest BCUT2D eigenvalue weighted by Gasteiger charge is -2.24. The van der Waals surface area contributed by atoms with Gasteiger partial charge in [0, 0.05) is 10.8 Å². The van der Waals surface area contributed by atoms with Crippen molar-refractivity contribution in [2.75, 3.05) is 0 Å². The maximum Gasteiger partial charge on any atom is 0.149 e. The van der Waals surface area contributed by atoms with Crippen LogP contribution in [0.1, 0.15) is 101 Å². The fraction of sp³-hybridized carbons (Fsp3) is 0.211. The summed E-state index contributed by atoms with van der Waals surface area (Å²) in [4.78, 5) is 5.55. The molecule has 0 radical (unpaired) electrons. The van der Waals surface area contributed by atoms with Crippen molar-refractivity contribution in [3.05, 3.63) is 168 Å². The van der Waals surface area contributed by atoms with Crippen molar-refractivity contribution in [2.24, 2.45) is 0 Å². The van der Waals surface area contributed by atoms with Crippen LogP contribution in [0, 0.1) is 0 Å². The smallest absolute Gasteiger partial charge is 0.149 e. The van der Waals surface area contributed by atoms with Gasteiger partial charge in [0.15, 0.2) is 0 Å². The quantitative estimate of drug-likeness (QED) is 0.144. The van der Waals surface area contributed by atoms with E-state index in [1.165, 1.54) is 71.7 Å². The minimum absolute atomic E-state index is 0.257. The number of hydrogen-bond acceptors (Lipinski definition) is 2. The fourth-order valence-corrected chi connectivity index (χ4v) is 9.68. The van der Waals surface area contributed by atoms with E-state index in [2.05, 4.69) is 206 Å². The molecule has 0 N–H and O–H groups in total. The van der Waals surface area contributed by atoms with Crippen LogP contribution in [-0.2, 0) is 0 Å². The highest BCUT2D eigenvalue weighted by atomic mass is 16.3. The topological polar surface area (TPSA) is 31.0 Å². The van der Waals surface area contributed by atoms with Crippen LogP contribution in [0.2, 0.25) is 0 Å². The third kappa shape index (κ3) is 6.05. The number of nitrogens with zero attached hydrogens (tertiary/aromatic N) is 2. The average molecular weight is 781 g/mol. The van der Waals surface area contributed by atoms with Crippen LogP contribution in [0.5, 0.6) is 0 Å². The minimum Gasteiger partial charge on any atom is -0.455 e. The molecule has 0 saturated heterocycles. The molecule has 296 valence electrons. The lowest BCUT2D eigenvalue weighted by Crippen LogP contribution is -2.09. The second-order valence-electron chi connectivity index (χ2n) is 17.9. The van der Waals surface area contributed by atoms with Gasteiger partial charge in [0.2, 0.25) is 0 Å². The Morgan fingerprint density at radius 1 is 0.467 bits per heavy atom. The molecule has 2 heterocycles. The zero-order valence-corrected chi connectivity index (χ0v) is 36.0. The van der Waals surface area contributed by atoms with E-state index in [-0.39, 0.29) is 11.8 Å². The van der Waals surface area contributed by atoms with Crippen molar-refractivity contribution >= 4 is 54.5 Å². The van der Waals surface area contributed by atoms with E-state index in [0.717, 1.165) is 44.4 Å². The third-order valence-corrected chi connectivity index (χ3v) is 12.7. The number of aromatic nitrogens is 2. The predicted octanol–water partition coefficient (Wildman–Crippen LogP) is 16.7. The molecule has 0 unspecified atom stereocenters. The molecular formula is C57H52N2O. The first-order valence-electron chi connectivity index (χ1n) is 21.7. The van der Waals surface area contributed by atoms with Gasteiger partial charge < -0.3 is 4.42 Å². The van der Waals surface area contributed by atoms with Crippen LogP contribution in [0.15, 0.2) is 150 Å². The molecule has 0 fully saturated rings. The molecule has 0 spiro atoms. The van der Waals surface area contributed by atoms with Gasteiger partial charge in [-0.25, -0.2) is 4.98 Å². The van der Waals surface area contributed by atoms with Crippen LogP contribution in [0.25, 0.3) is 93.8 Å². The summed E-state index contributed by atoms with van der Waals surface area (Å²) in [7, 11) is 0. The normalized spacial score (nSPS) is 12.3. The highest BCUT2D eigenvalue weighted by molar-refractivity contribution is 6.21. The maximum absolute atomic E-state index is 7.32. The van der Waals surface area contributed by atoms with Crippen molar-refractivity contribution in [3.8, 4) is 39.3 Å². The second-order valence-corrected chi connectivity index (χ2v) is 17.9. The summed E-state index contributed by atoms with van der Waals surface area (Å²) in [5.41, 5.74) is 16.3. The first-order valence-corrected chi connectivity index (χ1v) is 21.7. The Bertz CT molecular complexity index is 3210. The Hall–Kier alpha value is -6.45. The summed E-state index contributed by atoms with van der Waals surface area (Å²) in [6, 6.07) is 53.5. The van der Waals surface area contributed by atoms with E-state index in [0.29, 0.717) is 11.8 Å². The van der Waals surface area contributed by atoms with Crippen LogP contribution >= 0.6 is 0 Å². The highest BCUT2D eigenvalue weighted by Gasteiger charge is 2.28. The first-order chi connectivity index (χ1) is 29.1. The average Bonchev–Trinajstić information content (AvgIpc) is 3.83. The molecule has 3 nitrogen and oxygen atoms in total. The van der Waals surface area contributed by atoms with Crippen LogP contribution in [0.3, 0.4) is 0 Å². The van der Waals surface area contributed by atoms with E-state index < -0.39 is 0 Å². The van der Waals surface area contributed by atoms with E-state index in [4.69, 9.17) is 9.40 Å². The van der Waals surface area contributed by atoms with Gasteiger partial charge in [0.25, 0.3) is 0 Å². The number of benzene rings is 8. The summed E-state index contributed by atoms with van der Waals surface area (Å²) < 4.78 is 9.77. The standard InChI is InChI=1S/C57H52N2O/c1-33(2)41-21-16-22-42(34(3)4)53(41)44-27-28-45(56-54(44)49-29-39-26-25-38-19-12-13-20-43(38)48(39)32-52(49)60-56)57-58-50-23-14-15-24-51(50)59(57)55-46(35(5)6)30-40(31-47(55)36(7)8)37-17-10-9-11-18-37/h9-36H,1-8H3. The first kappa shape index (κ1) is 37.8. The zero-order valence-electron chi connectivity index (χ0n) is 36.0. The highest BCUT2D eigenvalue weighted by Crippen LogP contribution is 2.48. The van der Waals surface area contributed by atoms with E-state index in [1.807, 2.05) is 0 Å². The van der Waals surface area contributed by atoms with Crippen LogP contribution < -0.4 is 0 Å². The maximum atomic E-state index is 7.32. The van der Waals surface area contributed by atoms with Crippen molar-refractivity contribution in [3.63, 3.8) is 0 Å². The monoisotopic (exact) mass is 780 g/mol. The third-order valence-electron chi connectivity index (χ3n) is 12.7. The molecule has 0 atom stereocenters. The summed E-state index contributed by atoms with van der Waals surface area (Å²) in [5, 5.41) is 7.12. The molecule has 0 bridgehead atoms. The van der Waals surface area contributed by atoms with E-state index in [1.54, 1.807) is 0 Å². The number of para-hydroxylation sites is 2. The molecule has 0 amide bonds. The molecule has 2 aromatic heterocycles. The zero-order chi connectivity index (χ0) is 41.4. The van der Waals surface area contributed by atoms with Crippen molar-refractivity contribution < 1.29 is 4.42 Å². The van der Waals surface area contributed by atoms with Gasteiger partial charge in [-0.15, -0.1) is 0 Å². The van der Waals surface area contributed by atoms with Gasteiger partial charge >= 0.3 is 0 Å². The van der Waals surface area contributed by atoms with Crippen molar-refractivity contribution in [1.29, 1.82) is 0 Å². The molecule has 10 aromatic rings. The van der Waals surface area contributed by atoms with Crippen LogP contribution in [0.4, 0.5) is 0 Å². The largest absolute Gasteiger partial charge is 0.455 e. The lowest BCUT2D eigenvalue weighted by molar-refractivity contribution is 0.670. The molecule has 0 saturated carbocycles. The number of rotatable bonds is 8. The Morgan fingerprint density at radius 3 is 1.78 bits per heavy atom. The molecule has 0 aliphatic rings. The van der Waals surface area contributed by atoms with Crippen molar-refractivity contribution in [1.82, 2.24) is 9.55 Å². The summed E-state index contributed by atoms with van der Waals surface area (Å²) in [5.74, 6) is 2.08. The number of furan rings is 1. The minimum atomic E-state index is 0.257. The van der Waals surface area contributed by atoms with Crippen molar-refractivity contribution in [2.45, 2.75) is 79.1 Å². The molecule has 10 rings (SSSR count). The van der Waals surface area contributed by atoms with Gasteiger partial charge in [-0.1, -0.05) is 159 Å². The Kier molecular flexibility index (Phi) is 9.24. The molecule has 0 aliphatic heterocycles. The SMILES string of the molecule is CC(C)c1cccc(C(C)C)c1-c1ccc(-c2nc3ccccc3n2-c2c(C(C)C)cc(-c3ccccc3)cc2C(C)C)c2oc3cc4c(ccc5ccccc54)cc3c12. The molecule has 0 aliphatic carbocycles. The molecule has 3 heteroatoms. The number of fused-ring (bicyclic) bond motifs is 7. The fourth-order valence-electron chi connectivity index (χ4n) is 9.68. The van der Waals surface area contributed by atoms with Gasteiger partial charge in [-0.2, -0.15) is 0 Å². The number of hydrogen-bond donors (Lipinski definition) is 0. The number of imidazole rings is 1. The van der Waals surface area contributed by atoms with Gasteiger partial charge in [0.1, 0.15) is 17.0 Å². The molecule has 60 heavy (non-hydrogen) atoms. The van der Waals surface area contributed by atoms with Crippen LogP contribution in [-0.4, -0.2) is 9.55 Å². The van der Waals surface area contributed by atoms with Gasteiger partial charge in [0.05, 0.1) is 22.3 Å². The Balaban J connectivity index is 1.35. The van der Waals surface area contributed by atoms with Gasteiger partial charge in [-0.3, -0.25) is 4.57 Å².